The summed E-state index contributed by atoms with van der Waals surface area (Å²) in [6, 6.07) is 5.06. The SMILES string of the molecule is Cn1cnc(C(=O)N2CCCCNC(=O)c3cc(Cl)ccc3OCCCC2)c1. The van der Waals surface area contributed by atoms with Crippen molar-refractivity contribution in [2.24, 2.45) is 7.05 Å². The maximum Gasteiger partial charge on any atom is 0.274 e. The van der Waals surface area contributed by atoms with E-state index in [9.17, 15) is 9.59 Å². The largest absolute Gasteiger partial charge is 0.493 e. The van der Waals surface area contributed by atoms with Crippen molar-refractivity contribution in [3.05, 3.63) is 47.0 Å². The molecule has 0 atom stereocenters. The Morgan fingerprint density at radius 3 is 2.75 bits per heavy atom. The molecule has 0 bridgehead atoms. The van der Waals surface area contributed by atoms with Crippen LogP contribution in [-0.2, 0) is 7.05 Å². The molecule has 0 spiro atoms. The molecule has 0 fully saturated rings. The number of carbonyl (C=O) groups is 2. The first kappa shape index (κ1) is 20.2. The molecule has 28 heavy (non-hydrogen) atoms. The van der Waals surface area contributed by atoms with Crippen LogP contribution in [0, 0.1) is 0 Å². The van der Waals surface area contributed by atoms with Crippen LogP contribution < -0.4 is 10.1 Å². The molecule has 2 aromatic rings. The Hall–Kier alpha value is -2.54. The Kier molecular flexibility index (Phi) is 6.92. The third-order valence-electron chi connectivity index (χ3n) is 4.62. The number of halogens is 1. The molecule has 1 N–H and O–H groups in total. The highest BCUT2D eigenvalue weighted by molar-refractivity contribution is 6.31. The molecule has 7 nitrogen and oxygen atoms in total. The van der Waals surface area contributed by atoms with Crippen LogP contribution in [0.3, 0.4) is 0 Å². The first-order valence-corrected chi connectivity index (χ1v) is 9.90. The fraction of sp³-hybridized carbons (Fsp3) is 0.450. The number of nitrogens with zero attached hydrogens (tertiary/aromatic N) is 3. The smallest absolute Gasteiger partial charge is 0.274 e. The van der Waals surface area contributed by atoms with Crippen LogP contribution in [0.15, 0.2) is 30.7 Å². The molecular weight excluding hydrogens is 380 g/mol. The van der Waals surface area contributed by atoms with Crippen molar-refractivity contribution in [2.75, 3.05) is 26.2 Å². The number of hydrogen-bond acceptors (Lipinski definition) is 4. The van der Waals surface area contributed by atoms with E-state index in [2.05, 4.69) is 10.3 Å². The maximum absolute atomic E-state index is 12.7. The van der Waals surface area contributed by atoms with Gasteiger partial charge in [0.05, 0.1) is 18.5 Å². The zero-order valence-electron chi connectivity index (χ0n) is 16.0. The summed E-state index contributed by atoms with van der Waals surface area (Å²) in [7, 11) is 1.84. The van der Waals surface area contributed by atoms with Gasteiger partial charge in [-0.2, -0.15) is 0 Å². The fourth-order valence-corrected chi connectivity index (χ4v) is 3.29. The molecule has 0 aliphatic carbocycles. The molecule has 0 saturated carbocycles. The summed E-state index contributed by atoms with van der Waals surface area (Å²) in [5, 5.41) is 3.40. The van der Waals surface area contributed by atoms with E-state index in [4.69, 9.17) is 16.3 Å². The van der Waals surface area contributed by atoms with Gasteiger partial charge >= 0.3 is 0 Å². The lowest BCUT2D eigenvalue weighted by molar-refractivity contribution is 0.0740. The highest BCUT2D eigenvalue weighted by Gasteiger charge is 2.18. The summed E-state index contributed by atoms with van der Waals surface area (Å²) in [5.41, 5.74) is 0.912. The van der Waals surface area contributed by atoms with Gasteiger partial charge in [-0.3, -0.25) is 9.59 Å². The lowest BCUT2D eigenvalue weighted by atomic mass is 10.1. The number of rotatable bonds is 1. The summed E-state index contributed by atoms with van der Waals surface area (Å²) in [6.07, 6.45) is 6.53. The topological polar surface area (TPSA) is 76.5 Å². The van der Waals surface area contributed by atoms with Gasteiger partial charge in [-0.05, 0) is 43.9 Å². The lowest BCUT2D eigenvalue weighted by Gasteiger charge is -2.22. The highest BCUT2D eigenvalue weighted by atomic mass is 35.5. The molecule has 2 heterocycles. The Morgan fingerprint density at radius 2 is 2.00 bits per heavy atom. The van der Waals surface area contributed by atoms with Crippen molar-refractivity contribution in [3.63, 3.8) is 0 Å². The van der Waals surface area contributed by atoms with Crippen LogP contribution in [0.1, 0.15) is 46.5 Å². The predicted octanol–water partition coefficient (Wildman–Crippen LogP) is 2.90. The van der Waals surface area contributed by atoms with Crippen LogP contribution in [0.4, 0.5) is 0 Å². The molecule has 0 unspecified atom stereocenters. The van der Waals surface area contributed by atoms with Crippen molar-refractivity contribution >= 4 is 23.4 Å². The number of benzene rings is 1. The molecule has 1 aromatic carbocycles. The number of imidazole rings is 1. The van der Waals surface area contributed by atoms with E-state index in [0.29, 0.717) is 48.3 Å². The summed E-state index contributed by atoms with van der Waals surface area (Å²) < 4.78 is 7.57. The van der Waals surface area contributed by atoms with Gasteiger partial charge in [-0.25, -0.2) is 4.98 Å². The van der Waals surface area contributed by atoms with E-state index in [1.807, 2.05) is 11.9 Å². The number of fused-ring (bicyclic) bond motifs is 1. The standard InChI is InChI=1S/C20H25ClN4O3/c1-24-13-17(23-14-24)20(27)25-9-3-2-8-22-19(26)16-12-15(21)6-7-18(16)28-11-5-4-10-25/h6-7,12-14H,2-5,8-11H2,1H3,(H,22,26). The van der Waals surface area contributed by atoms with Gasteiger partial charge in [0.1, 0.15) is 11.4 Å². The number of nitrogens with one attached hydrogen (secondary N) is 1. The molecule has 8 heteroatoms. The molecule has 2 amide bonds. The highest BCUT2D eigenvalue weighted by Crippen LogP contribution is 2.23. The van der Waals surface area contributed by atoms with Crippen LogP contribution in [-0.4, -0.2) is 52.5 Å². The zero-order valence-corrected chi connectivity index (χ0v) is 16.7. The second-order valence-electron chi connectivity index (χ2n) is 6.88. The predicted molar refractivity (Wildman–Crippen MR) is 107 cm³/mol. The van der Waals surface area contributed by atoms with Crippen LogP contribution >= 0.6 is 11.6 Å². The second kappa shape index (κ2) is 9.59. The quantitative estimate of drug-likeness (QED) is 0.792. The van der Waals surface area contributed by atoms with Crippen molar-refractivity contribution in [3.8, 4) is 5.75 Å². The number of aryl methyl sites for hydroxylation is 1. The third-order valence-corrected chi connectivity index (χ3v) is 4.85. The van der Waals surface area contributed by atoms with Gasteiger partial charge in [0.2, 0.25) is 0 Å². The van der Waals surface area contributed by atoms with Gasteiger partial charge < -0.3 is 19.5 Å². The number of hydrogen-bond donors (Lipinski definition) is 1. The Morgan fingerprint density at radius 1 is 1.21 bits per heavy atom. The zero-order chi connectivity index (χ0) is 19.9. The van der Waals surface area contributed by atoms with Crippen molar-refractivity contribution < 1.29 is 14.3 Å². The normalized spacial score (nSPS) is 16.5. The molecule has 3 rings (SSSR count). The first-order valence-electron chi connectivity index (χ1n) is 9.52. The van der Waals surface area contributed by atoms with Crippen LogP contribution in [0.25, 0.3) is 0 Å². The van der Waals surface area contributed by atoms with E-state index < -0.39 is 0 Å². The minimum Gasteiger partial charge on any atom is -0.493 e. The lowest BCUT2D eigenvalue weighted by Crippen LogP contribution is -2.34. The molecule has 0 radical (unpaired) electrons. The van der Waals surface area contributed by atoms with Crippen molar-refractivity contribution in [2.45, 2.75) is 25.7 Å². The average Bonchev–Trinajstić information content (AvgIpc) is 3.12. The molecule has 150 valence electrons. The Labute approximate surface area is 169 Å². The third kappa shape index (κ3) is 5.25. The van der Waals surface area contributed by atoms with Gasteiger partial charge in [-0.1, -0.05) is 11.6 Å². The molecule has 1 aliphatic heterocycles. The summed E-state index contributed by atoms with van der Waals surface area (Å²) in [6.45, 7) is 2.27. The Bertz CT molecular complexity index is 837. The van der Waals surface area contributed by atoms with Crippen LogP contribution in [0.5, 0.6) is 5.75 Å². The minimum absolute atomic E-state index is 0.0577. The van der Waals surface area contributed by atoms with E-state index in [-0.39, 0.29) is 11.8 Å². The van der Waals surface area contributed by atoms with Gasteiger partial charge in [0.15, 0.2) is 0 Å². The molecular formula is C20H25ClN4O3. The van der Waals surface area contributed by atoms with Crippen LogP contribution in [0.2, 0.25) is 5.02 Å². The van der Waals surface area contributed by atoms with Gasteiger partial charge in [-0.15, -0.1) is 0 Å². The van der Waals surface area contributed by atoms with Gasteiger partial charge in [0.25, 0.3) is 11.8 Å². The minimum atomic E-state index is -0.198. The molecule has 1 aliphatic rings. The summed E-state index contributed by atoms with van der Waals surface area (Å²) in [4.78, 5) is 31.2. The van der Waals surface area contributed by atoms with E-state index >= 15 is 0 Å². The number of ether oxygens (including phenoxy) is 1. The summed E-state index contributed by atoms with van der Waals surface area (Å²) in [5.74, 6) is 0.272. The fourth-order valence-electron chi connectivity index (χ4n) is 3.12. The Balaban J connectivity index is 1.67. The number of carbonyl (C=O) groups excluding carboxylic acids is 2. The monoisotopic (exact) mass is 404 g/mol. The second-order valence-corrected chi connectivity index (χ2v) is 7.31. The summed E-state index contributed by atoms with van der Waals surface area (Å²) >= 11 is 6.03. The molecule has 0 saturated heterocycles. The van der Waals surface area contributed by atoms with E-state index in [0.717, 1.165) is 25.7 Å². The van der Waals surface area contributed by atoms with E-state index in [1.165, 1.54) is 0 Å². The molecule has 1 aromatic heterocycles. The van der Waals surface area contributed by atoms with Crippen molar-refractivity contribution in [1.29, 1.82) is 0 Å². The van der Waals surface area contributed by atoms with Crippen molar-refractivity contribution in [1.82, 2.24) is 19.8 Å². The maximum atomic E-state index is 12.7. The first-order chi connectivity index (χ1) is 13.5. The van der Waals surface area contributed by atoms with E-state index in [1.54, 1.807) is 35.3 Å². The number of amides is 2. The average molecular weight is 405 g/mol. The number of aromatic nitrogens is 2. The van der Waals surface area contributed by atoms with Gasteiger partial charge in [0, 0.05) is 37.9 Å².